The van der Waals surface area contributed by atoms with Crippen molar-refractivity contribution in [2.75, 3.05) is 5.32 Å². The minimum absolute atomic E-state index is 0.0420. The normalized spacial score (nSPS) is 10.8. The maximum Gasteiger partial charge on any atom is 0.416 e. The van der Waals surface area contributed by atoms with E-state index in [2.05, 4.69) is 16.2 Å². The molecule has 0 radical (unpaired) electrons. The predicted molar refractivity (Wildman–Crippen MR) is 81.9 cm³/mol. The number of carbonyl (C=O) groups is 2. The Bertz CT molecular complexity index is 718. The summed E-state index contributed by atoms with van der Waals surface area (Å²) >= 11 is 0. The zero-order chi connectivity index (χ0) is 17.6. The molecule has 126 valence electrons. The first kappa shape index (κ1) is 17.3. The van der Waals surface area contributed by atoms with E-state index in [1.54, 1.807) is 24.3 Å². The summed E-state index contributed by atoms with van der Waals surface area (Å²) in [5.74, 6) is -0.458. The summed E-state index contributed by atoms with van der Waals surface area (Å²) in [6.45, 7) is 0. The minimum atomic E-state index is -4.50. The fourth-order valence-electron chi connectivity index (χ4n) is 1.89. The highest BCUT2D eigenvalue weighted by molar-refractivity contribution is 5.91. The van der Waals surface area contributed by atoms with Crippen LogP contribution in [0, 0.1) is 0 Å². The molecular weight excluding hydrogens is 323 g/mol. The van der Waals surface area contributed by atoms with Gasteiger partial charge in [-0.3, -0.25) is 10.2 Å². The van der Waals surface area contributed by atoms with Crippen molar-refractivity contribution in [3.63, 3.8) is 0 Å². The van der Waals surface area contributed by atoms with Crippen molar-refractivity contribution in [2.24, 2.45) is 0 Å². The number of hydrogen-bond acceptors (Lipinski definition) is 2. The van der Waals surface area contributed by atoms with E-state index in [-0.39, 0.29) is 12.1 Å². The van der Waals surface area contributed by atoms with E-state index in [9.17, 15) is 22.8 Å². The van der Waals surface area contributed by atoms with E-state index in [1.165, 1.54) is 12.1 Å². The monoisotopic (exact) mass is 337 g/mol. The molecular formula is C16H14F3N3O2. The molecule has 0 unspecified atom stereocenters. The number of anilines is 1. The van der Waals surface area contributed by atoms with Crippen molar-refractivity contribution < 1.29 is 22.8 Å². The van der Waals surface area contributed by atoms with E-state index in [0.717, 1.165) is 17.7 Å². The number of urea groups is 1. The van der Waals surface area contributed by atoms with Crippen LogP contribution in [0.25, 0.3) is 0 Å². The summed E-state index contributed by atoms with van der Waals surface area (Å²) in [5.41, 5.74) is 4.09. The first-order valence-electron chi connectivity index (χ1n) is 6.91. The molecule has 0 heterocycles. The van der Waals surface area contributed by atoms with E-state index in [4.69, 9.17) is 0 Å². The van der Waals surface area contributed by atoms with Crippen LogP contribution in [-0.4, -0.2) is 11.9 Å². The Kier molecular flexibility index (Phi) is 5.41. The summed E-state index contributed by atoms with van der Waals surface area (Å²) in [5, 5.41) is 2.21. The average Bonchev–Trinajstić information content (AvgIpc) is 2.53. The van der Waals surface area contributed by atoms with Crippen LogP contribution in [0.5, 0.6) is 0 Å². The molecule has 3 N–H and O–H groups in total. The fourth-order valence-corrected chi connectivity index (χ4v) is 1.89. The zero-order valence-electron chi connectivity index (χ0n) is 12.4. The number of hydrogen-bond donors (Lipinski definition) is 3. The molecule has 0 saturated heterocycles. The lowest BCUT2D eigenvalue weighted by atomic mass is 10.1. The fraction of sp³-hybridized carbons (Fsp3) is 0.125. The lowest BCUT2D eigenvalue weighted by molar-refractivity contribution is -0.137. The second kappa shape index (κ2) is 7.49. The Morgan fingerprint density at radius 1 is 0.917 bits per heavy atom. The van der Waals surface area contributed by atoms with Gasteiger partial charge < -0.3 is 5.32 Å². The van der Waals surface area contributed by atoms with Crippen LogP contribution in [0.4, 0.5) is 23.7 Å². The van der Waals surface area contributed by atoms with Gasteiger partial charge in [-0.15, -0.1) is 0 Å². The van der Waals surface area contributed by atoms with Gasteiger partial charge in [-0.2, -0.15) is 13.2 Å². The van der Waals surface area contributed by atoms with E-state index in [1.807, 2.05) is 6.07 Å². The van der Waals surface area contributed by atoms with Gasteiger partial charge in [-0.05, 0) is 23.8 Å². The Balaban J connectivity index is 1.84. The number of hydrazine groups is 1. The second-order valence-corrected chi connectivity index (χ2v) is 4.87. The number of carbonyl (C=O) groups excluding carboxylic acids is 2. The summed E-state index contributed by atoms with van der Waals surface area (Å²) in [6.07, 6.45) is -4.44. The van der Waals surface area contributed by atoms with Crippen molar-refractivity contribution in [1.29, 1.82) is 0 Å². The molecule has 0 spiro atoms. The Hall–Kier alpha value is -3.03. The topological polar surface area (TPSA) is 70.2 Å². The van der Waals surface area contributed by atoms with Gasteiger partial charge in [-0.1, -0.05) is 36.4 Å². The molecule has 2 aromatic rings. The standard InChI is InChI=1S/C16H14F3N3O2/c17-16(18,19)12-7-4-8-13(10-12)20-15(24)22-21-14(23)9-11-5-2-1-3-6-11/h1-8,10H,9H2,(H,21,23)(H2,20,22,24). The molecule has 0 aliphatic carbocycles. The van der Waals surface area contributed by atoms with Gasteiger partial charge in [0.2, 0.25) is 5.91 Å². The van der Waals surface area contributed by atoms with E-state index in [0.29, 0.717) is 0 Å². The lowest BCUT2D eigenvalue weighted by Crippen LogP contribution is -2.44. The average molecular weight is 337 g/mol. The molecule has 3 amide bonds. The van der Waals surface area contributed by atoms with Gasteiger partial charge in [-0.25, -0.2) is 10.2 Å². The van der Waals surface area contributed by atoms with Gasteiger partial charge >= 0.3 is 12.2 Å². The molecule has 0 atom stereocenters. The van der Waals surface area contributed by atoms with Gasteiger partial charge in [0.25, 0.3) is 0 Å². The summed E-state index contributed by atoms with van der Waals surface area (Å²) in [4.78, 5) is 23.3. The van der Waals surface area contributed by atoms with Gasteiger partial charge in [0.1, 0.15) is 0 Å². The first-order valence-corrected chi connectivity index (χ1v) is 6.91. The third-order valence-electron chi connectivity index (χ3n) is 2.97. The largest absolute Gasteiger partial charge is 0.416 e. The number of benzene rings is 2. The molecule has 5 nitrogen and oxygen atoms in total. The molecule has 0 aliphatic rings. The van der Waals surface area contributed by atoms with Crippen LogP contribution in [0.15, 0.2) is 54.6 Å². The highest BCUT2D eigenvalue weighted by Crippen LogP contribution is 2.30. The number of rotatable bonds is 3. The van der Waals surface area contributed by atoms with Gasteiger partial charge in [0, 0.05) is 5.69 Å². The molecule has 8 heteroatoms. The van der Waals surface area contributed by atoms with Crippen molar-refractivity contribution in [2.45, 2.75) is 12.6 Å². The lowest BCUT2D eigenvalue weighted by Gasteiger charge is -2.11. The number of halogens is 3. The van der Waals surface area contributed by atoms with Crippen molar-refractivity contribution in [1.82, 2.24) is 10.9 Å². The Morgan fingerprint density at radius 3 is 2.29 bits per heavy atom. The van der Waals surface area contributed by atoms with Crippen LogP contribution < -0.4 is 16.2 Å². The molecule has 2 aromatic carbocycles. The summed E-state index contributed by atoms with van der Waals surface area (Å²) < 4.78 is 37.7. The zero-order valence-corrected chi connectivity index (χ0v) is 12.4. The Morgan fingerprint density at radius 2 is 1.62 bits per heavy atom. The summed E-state index contributed by atoms with van der Waals surface area (Å²) in [7, 11) is 0. The second-order valence-electron chi connectivity index (χ2n) is 4.87. The van der Waals surface area contributed by atoms with Crippen molar-refractivity contribution in [3.05, 3.63) is 65.7 Å². The van der Waals surface area contributed by atoms with Crippen LogP contribution in [0.1, 0.15) is 11.1 Å². The van der Waals surface area contributed by atoms with Gasteiger partial charge in [0.05, 0.1) is 12.0 Å². The van der Waals surface area contributed by atoms with Crippen LogP contribution in [0.2, 0.25) is 0 Å². The quantitative estimate of drug-likeness (QED) is 0.753. The maximum atomic E-state index is 12.6. The molecule has 0 aromatic heterocycles. The molecule has 0 bridgehead atoms. The van der Waals surface area contributed by atoms with Crippen LogP contribution >= 0.6 is 0 Å². The van der Waals surface area contributed by atoms with Crippen molar-refractivity contribution >= 4 is 17.6 Å². The maximum absolute atomic E-state index is 12.6. The summed E-state index contributed by atoms with van der Waals surface area (Å²) in [6, 6.07) is 12.2. The molecule has 0 fully saturated rings. The smallest absolute Gasteiger partial charge is 0.307 e. The third-order valence-corrected chi connectivity index (χ3v) is 2.97. The predicted octanol–water partition coefficient (Wildman–Crippen LogP) is 3.10. The highest BCUT2D eigenvalue weighted by Gasteiger charge is 2.30. The molecule has 0 saturated carbocycles. The number of alkyl halides is 3. The third kappa shape index (κ3) is 5.31. The number of nitrogens with one attached hydrogen (secondary N) is 3. The SMILES string of the molecule is O=C(Cc1ccccc1)NNC(=O)Nc1cccc(C(F)(F)F)c1. The van der Waals surface area contributed by atoms with Gasteiger partial charge in [0.15, 0.2) is 0 Å². The Labute approximate surface area is 135 Å². The number of amides is 3. The highest BCUT2D eigenvalue weighted by atomic mass is 19.4. The molecule has 2 rings (SSSR count). The minimum Gasteiger partial charge on any atom is -0.307 e. The van der Waals surface area contributed by atoms with Crippen LogP contribution in [-0.2, 0) is 17.4 Å². The van der Waals surface area contributed by atoms with E-state index < -0.39 is 23.7 Å². The van der Waals surface area contributed by atoms with Crippen LogP contribution in [0.3, 0.4) is 0 Å². The molecule has 0 aliphatic heterocycles. The first-order chi connectivity index (χ1) is 11.3. The van der Waals surface area contributed by atoms with E-state index >= 15 is 0 Å². The molecule has 24 heavy (non-hydrogen) atoms. The van der Waals surface area contributed by atoms with Crippen molar-refractivity contribution in [3.8, 4) is 0 Å².